The average molecular weight is 296 g/mol. The molecule has 4 nitrogen and oxygen atoms in total. The van der Waals surface area contributed by atoms with Crippen LogP contribution in [0, 0.1) is 11.8 Å². The van der Waals surface area contributed by atoms with Gasteiger partial charge in [-0.05, 0) is 33.3 Å². The molecule has 0 radical (unpaired) electrons. The molecule has 4 heteroatoms. The van der Waals surface area contributed by atoms with Crippen molar-refractivity contribution < 1.29 is 9.53 Å². The van der Waals surface area contributed by atoms with Crippen molar-refractivity contribution in [1.82, 2.24) is 9.55 Å². The van der Waals surface area contributed by atoms with E-state index in [9.17, 15) is 4.79 Å². The van der Waals surface area contributed by atoms with Crippen molar-refractivity contribution in [2.75, 3.05) is 0 Å². The van der Waals surface area contributed by atoms with E-state index < -0.39 is 11.6 Å². The van der Waals surface area contributed by atoms with Crippen LogP contribution in [0.5, 0.6) is 0 Å². The second-order valence-electron chi connectivity index (χ2n) is 5.55. The van der Waals surface area contributed by atoms with Crippen LogP contribution in [0.25, 0.3) is 0 Å². The summed E-state index contributed by atoms with van der Waals surface area (Å²) in [4.78, 5) is 16.5. The molecule has 0 bridgehead atoms. The first-order valence-corrected chi connectivity index (χ1v) is 7.18. The predicted molar refractivity (Wildman–Crippen MR) is 85.4 cm³/mol. The summed E-state index contributed by atoms with van der Waals surface area (Å²) in [6.07, 6.45) is 3.17. The molecule has 0 saturated carbocycles. The van der Waals surface area contributed by atoms with Crippen molar-refractivity contribution in [2.45, 2.75) is 39.3 Å². The van der Waals surface area contributed by atoms with Crippen molar-refractivity contribution in [3.8, 4) is 11.8 Å². The van der Waals surface area contributed by atoms with Gasteiger partial charge < -0.3 is 9.30 Å². The summed E-state index contributed by atoms with van der Waals surface area (Å²) in [5.74, 6) is 5.22. The Morgan fingerprint density at radius 2 is 2.00 bits per heavy atom. The molecule has 0 aliphatic carbocycles. The lowest BCUT2D eigenvalue weighted by Crippen LogP contribution is -2.28. The van der Waals surface area contributed by atoms with E-state index in [4.69, 9.17) is 4.74 Å². The number of benzene rings is 1. The van der Waals surface area contributed by atoms with E-state index >= 15 is 0 Å². The zero-order chi connectivity index (χ0) is 16.2. The van der Waals surface area contributed by atoms with Gasteiger partial charge in [-0.1, -0.05) is 36.3 Å². The lowest BCUT2D eigenvalue weighted by atomic mass is 10.1. The van der Waals surface area contributed by atoms with Crippen LogP contribution in [0.4, 0.5) is 0 Å². The van der Waals surface area contributed by atoms with Crippen LogP contribution < -0.4 is 0 Å². The Kier molecular flexibility index (Phi) is 4.67. The first-order valence-electron chi connectivity index (χ1n) is 7.18. The molecule has 1 atom stereocenters. The van der Waals surface area contributed by atoms with Gasteiger partial charge in [0.1, 0.15) is 5.69 Å². The molecule has 114 valence electrons. The topological polar surface area (TPSA) is 44.1 Å². The smallest absolute Gasteiger partial charge is 0.358 e. The molecule has 0 aliphatic heterocycles. The molecule has 0 aliphatic rings. The van der Waals surface area contributed by atoms with E-state index in [1.54, 1.807) is 27.1 Å². The van der Waals surface area contributed by atoms with Gasteiger partial charge in [0.05, 0.1) is 18.6 Å². The van der Waals surface area contributed by atoms with Crippen LogP contribution in [-0.2, 0) is 4.74 Å². The normalized spacial score (nSPS) is 12.2. The molecule has 2 aromatic rings. The van der Waals surface area contributed by atoms with Gasteiger partial charge in [-0.15, -0.1) is 5.92 Å². The SMILES string of the molecule is CC#CC(C)(C)OC(=O)c1cncn1[C@H](C)c1ccccc1. The van der Waals surface area contributed by atoms with Gasteiger partial charge in [-0.2, -0.15) is 0 Å². The maximum Gasteiger partial charge on any atom is 0.358 e. The minimum Gasteiger partial charge on any atom is -0.442 e. The van der Waals surface area contributed by atoms with Crippen molar-refractivity contribution >= 4 is 5.97 Å². The molecule has 0 unspecified atom stereocenters. The van der Waals surface area contributed by atoms with E-state index in [-0.39, 0.29) is 6.04 Å². The summed E-state index contributed by atoms with van der Waals surface area (Å²) in [5, 5.41) is 0. The summed E-state index contributed by atoms with van der Waals surface area (Å²) in [5.41, 5.74) is 0.696. The second kappa shape index (κ2) is 6.48. The molecule has 1 aromatic carbocycles. The summed E-state index contributed by atoms with van der Waals surface area (Å²) < 4.78 is 7.29. The van der Waals surface area contributed by atoms with Crippen molar-refractivity contribution in [3.63, 3.8) is 0 Å². The lowest BCUT2D eigenvalue weighted by Gasteiger charge is -2.21. The molecule has 1 aromatic heterocycles. The molecule has 0 N–H and O–H groups in total. The number of hydrogen-bond acceptors (Lipinski definition) is 3. The van der Waals surface area contributed by atoms with Crippen LogP contribution in [0.3, 0.4) is 0 Å². The molecule has 1 heterocycles. The van der Waals surface area contributed by atoms with E-state index in [1.807, 2.05) is 41.8 Å². The molecule has 0 saturated heterocycles. The molecule has 22 heavy (non-hydrogen) atoms. The Bertz CT molecular complexity index is 705. The largest absolute Gasteiger partial charge is 0.442 e. The molecular weight excluding hydrogens is 276 g/mol. The molecule has 0 spiro atoms. The Morgan fingerprint density at radius 1 is 1.32 bits per heavy atom. The maximum absolute atomic E-state index is 12.4. The van der Waals surface area contributed by atoms with Gasteiger partial charge in [0.15, 0.2) is 5.60 Å². The molecule has 0 fully saturated rings. The zero-order valence-electron chi connectivity index (χ0n) is 13.3. The van der Waals surface area contributed by atoms with Crippen LogP contribution in [0.2, 0.25) is 0 Å². The van der Waals surface area contributed by atoms with Gasteiger partial charge in [-0.3, -0.25) is 0 Å². The second-order valence-corrected chi connectivity index (χ2v) is 5.55. The molecular formula is C18H20N2O2. The van der Waals surface area contributed by atoms with Crippen LogP contribution in [-0.4, -0.2) is 21.1 Å². The third-order valence-electron chi connectivity index (χ3n) is 3.35. The highest BCUT2D eigenvalue weighted by Gasteiger charge is 2.25. The minimum atomic E-state index is -0.823. The highest BCUT2D eigenvalue weighted by Crippen LogP contribution is 2.21. The third-order valence-corrected chi connectivity index (χ3v) is 3.35. The zero-order valence-corrected chi connectivity index (χ0v) is 13.3. The fourth-order valence-corrected chi connectivity index (χ4v) is 2.27. The monoisotopic (exact) mass is 296 g/mol. The Hall–Kier alpha value is -2.54. The van der Waals surface area contributed by atoms with E-state index in [1.165, 1.54) is 6.20 Å². The average Bonchev–Trinajstić information content (AvgIpc) is 2.96. The van der Waals surface area contributed by atoms with E-state index in [0.29, 0.717) is 5.69 Å². The summed E-state index contributed by atoms with van der Waals surface area (Å²) in [6.45, 7) is 7.27. The van der Waals surface area contributed by atoms with Crippen molar-refractivity contribution in [1.29, 1.82) is 0 Å². The third kappa shape index (κ3) is 3.56. The summed E-state index contributed by atoms with van der Waals surface area (Å²) in [7, 11) is 0. The first kappa shape index (κ1) is 15.8. The highest BCUT2D eigenvalue weighted by molar-refractivity contribution is 5.88. The maximum atomic E-state index is 12.4. The number of rotatable bonds is 4. The van der Waals surface area contributed by atoms with Crippen LogP contribution in [0.15, 0.2) is 42.9 Å². The number of aromatic nitrogens is 2. The summed E-state index contributed by atoms with van der Waals surface area (Å²) in [6, 6.07) is 9.94. The van der Waals surface area contributed by atoms with Gasteiger partial charge >= 0.3 is 5.97 Å². The van der Waals surface area contributed by atoms with E-state index in [2.05, 4.69) is 16.8 Å². The minimum absolute atomic E-state index is 0.00776. The Labute approximate surface area is 131 Å². The number of ether oxygens (including phenoxy) is 1. The number of carbonyl (C=O) groups is 1. The molecule has 2 rings (SSSR count). The van der Waals surface area contributed by atoms with Gasteiger partial charge in [-0.25, -0.2) is 9.78 Å². The lowest BCUT2D eigenvalue weighted by molar-refractivity contribution is 0.0191. The number of esters is 1. The first-order chi connectivity index (χ1) is 10.4. The fraction of sp³-hybridized carbons (Fsp3) is 0.333. The fourth-order valence-electron chi connectivity index (χ4n) is 2.27. The van der Waals surface area contributed by atoms with Crippen LogP contribution >= 0.6 is 0 Å². The number of nitrogens with zero attached hydrogens (tertiary/aromatic N) is 2. The quantitative estimate of drug-likeness (QED) is 0.641. The van der Waals surface area contributed by atoms with Gasteiger partial charge in [0.2, 0.25) is 0 Å². The van der Waals surface area contributed by atoms with Crippen molar-refractivity contribution in [2.24, 2.45) is 0 Å². The van der Waals surface area contributed by atoms with Gasteiger partial charge in [0, 0.05) is 0 Å². The Balaban J connectivity index is 2.26. The van der Waals surface area contributed by atoms with Crippen molar-refractivity contribution in [3.05, 3.63) is 54.1 Å². The van der Waals surface area contributed by atoms with E-state index in [0.717, 1.165) is 5.56 Å². The number of hydrogen-bond donors (Lipinski definition) is 0. The predicted octanol–water partition coefficient (Wildman–Crippen LogP) is 3.45. The van der Waals surface area contributed by atoms with Gasteiger partial charge in [0.25, 0.3) is 0 Å². The standard InChI is InChI=1S/C18H20N2O2/c1-5-11-18(3,4)22-17(21)16-12-19-13-20(16)14(2)15-9-7-6-8-10-15/h6-10,12-14H,1-4H3/t14-/m1/s1. The number of carbonyl (C=O) groups excluding carboxylic acids is 1. The van der Waals surface area contributed by atoms with Crippen LogP contribution in [0.1, 0.15) is 49.8 Å². The number of imidazole rings is 1. The Morgan fingerprint density at radius 3 is 2.64 bits per heavy atom. The molecule has 0 amide bonds. The highest BCUT2D eigenvalue weighted by atomic mass is 16.6. The summed E-state index contributed by atoms with van der Waals surface area (Å²) >= 11 is 0.